The molecule has 1 heterocycles. The Balaban J connectivity index is 2.23. The molecular formula is C23H34FNO5. The Hall–Kier alpha value is -2.15. The summed E-state index contributed by atoms with van der Waals surface area (Å²) < 4.78 is 25.5. The summed E-state index contributed by atoms with van der Waals surface area (Å²) in [7, 11) is 0. The molecule has 168 valence electrons. The van der Waals surface area contributed by atoms with E-state index in [-0.39, 0.29) is 18.9 Å². The zero-order chi connectivity index (χ0) is 22.7. The van der Waals surface area contributed by atoms with E-state index in [1.807, 2.05) is 0 Å². The summed E-state index contributed by atoms with van der Waals surface area (Å²) >= 11 is 0. The molecule has 0 radical (unpaired) electrons. The van der Waals surface area contributed by atoms with Crippen LogP contribution in [-0.4, -0.2) is 46.4 Å². The number of carbonyl (C=O) groups is 2. The maximum Gasteiger partial charge on any atom is 0.410 e. The third kappa shape index (κ3) is 6.97. The van der Waals surface area contributed by atoms with Crippen molar-refractivity contribution in [2.24, 2.45) is 11.8 Å². The van der Waals surface area contributed by atoms with Crippen LogP contribution in [-0.2, 0) is 27.3 Å². The molecule has 7 heteroatoms. The number of hydrogen-bond donors (Lipinski definition) is 1. The number of amides is 1. The molecule has 0 spiro atoms. The van der Waals surface area contributed by atoms with Crippen LogP contribution >= 0.6 is 0 Å². The molecule has 0 saturated carbocycles. The molecule has 30 heavy (non-hydrogen) atoms. The van der Waals surface area contributed by atoms with E-state index in [1.54, 1.807) is 52.5 Å². The van der Waals surface area contributed by atoms with E-state index in [4.69, 9.17) is 9.47 Å². The number of aliphatic hydroxyl groups is 1. The summed E-state index contributed by atoms with van der Waals surface area (Å²) in [5.41, 5.74) is -0.345. The molecule has 0 bridgehead atoms. The average molecular weight is 424 g/mol. The first-order chi connectivity index (χ1) is 13.8. The fourth-order valence-electron chi connectivity index (χ4n) is 3.55. The number of aliphatic hydroxyl groups excluding tert-OH is 1. The Morgan fingerprint density at radius 3 is 2.37 bits per heavy atom. The highest BCUT2D eigenvalue weighted by atomic mass is 19.1. The standard InChI is InChI=1S/C23H34FNO5/c1-22(2,3)29-20(27)18(12-17-11-15(14-26)7-8-19(17)24)16-9-10-25(13-16)21(28)30-23(4,5)6/h7-8,11,16,18,26H,9-10,12-14H2,1-6H3/t16?,18-/m0/s1. The van der Waals surface area contributed by atoms with Gasteiger partial charge < -0.3 is 19.5 Å². The zero-order valence-corrected chi connectivity index (χ0v) is 18.8. The van der Waals surface area contributed by atoms with Gasteiger partial charge in [0.2, 0.25) is 0 Å². The Bertz CT molecular complexity index is 766. The number of hydrogen-bond acceptors (Lipinski definition) is 5. The second-order valence-corrected chi connectivity index (χ2v) is 9.90. The molecule has 1 unspecified atom stereocenters. The molecule has 1 amide bonds. The smallest absolute Gasteiger partial charge is 0.410 e. The van der Waals surface area contributed by atoms with Crippen LogP contribution in [0.3, 0.4) is 0 Å². The van der Waals surface area contributed by atoms with Gasteiger partial charge in [0.15, 0.2) is 0 Å². The van der Waals surface area contributed by atoms with Gasteiger partial charge in [-0.2, -0.15) is 0 Å². The van der Waals surface area contributed by atoms with E-state index in [9.17, 15) is 19.1 Å². The van der Waals surface area contributed by atoms with Crippen molar-refractivity contribution in [2.45, 2.75) is 72.2 Å². The van der Waals surface area contributed by atoms with Gasteiger partial charge in [-0.05, 0) is 77.5 Å². The van der Waals surface area contributed by atoms with Crippen molar-refractivity contribution >= 4 is 12.1 Å². The third-order valence-corrected chi connectivity index (χ3v) is 4.89. The lowest BCUT2D eigenvalue weighted by atomic mass is 9.85. The molecule has 1 aliphatic rings. The summed E-state index contributed by atoms with van der Waals surface area (Å²) in [5.74, 6) is -1.63. The summed E-state index contributed by atoms with van der Waals surface area (Å²) in [4.78, 5) is 27.0. The normalized spacial score (nSPS) is 18.3. The van der Waals surface area contributed by atoms with Crippen LogP contribution in [0.4, 0.5) is 9.18 Å². The van der Waals surface area contributed by atoms with Crippen molar-refractivity contribution in [3.63, 3.8) is 0 Å². The van der Waals surface area contributed by atoms with Crippen LogP contribution in [0.2, 0.25) is 0 Å². The highest BCUT2D eigenvalue weighted by molar-refractivity contribution is 5.74. The molecular weight excluding hydrogens is 389 g/mol. The fourth-order valence-corrected chi connectivity index (χ4v) is 3.55. The first-order valence-electron chi connectivity index (χ1n) is 10.4. The van der Waals surface area contributed by atoms with Crippen molar-refractivity contribution in [1.29, 1.82) is 0 Å². The molecule has 1 N–H and O–H groups in total. The first-order valence-corrected chi connectivity index (χ1v) is 10.4. The lowest BCUT2D eigenvalue weighted by Gasteiger charge is -2.28. The topological polar surface area (TPSA) is 76.1 Å². The van der Waals surface area contributed by atoms with Crippen molar-refractivity contribution in [3.8, 4) is 0 Å². The van der Waals surface area contributed by atoms with Gasteiger partial charge in [0.05, 0.1) is 12.5 Å². The van der Waals surface area contributed by atoms with Crippen LogP contribution in [0.5, 0.6) is 0 Å². The van der Waals surface area contributed by atoms with Gasteiger partial charge in [-0.1, -0.05) is 12.1 Å². The Morgan fingerprint density at radius 1 is 1.17 bits per heavy atom. The maximum atomic E-state index is 14.4. The van der Waals surface area contributed by atoms with Crippen molar-refractivity contribution < 1.29 is 28.6 Å². The molecule has 1 aromatic rings. The van der Waals surface area contributed by atoms with Crippen molar-refractivity contribution in [3.05, 3.63) is 35.1 Å². The van der Waals surface area contributed by atoms with Gasteiger partial charge in [-0.25, -0.2) is 9.18 Å². The monoisotopic (exact) mass is 423 g/mol. The minimum absolute atomic E-state index is 0.140. The van der Waals surface area contributed by atoms with E-state index in [0.29, 0.717) is 30.6 Å². The minimum Gasteiger partial charge on any atom is -0.460 e. The quantitative estimate of drug-likeness (QED) is 0.723. The Labute approximate surface area is 178 Å². The van der Waals surface area contributed by atoms with Crippen LogP contribution in [0.25, 0.3) is 0 Å². The Morgan fingerprint density at radius 2 is 1.80 bits per heavy atom. The Kier molecular flexibility index (Phi) is 7.50. The summed E-state index contributed by atoms with van der Waals surface area (Å²) in [6.07, 6.45) is 0.327. The number of likely N-dealkylation sites (tertiary alicyclic amines) is 1. The largest absolute Gasteiger partial charge is 0.460 e. The first kappa shape index (κ1) is 24.1. The maximum absolute atomic E-state index is 14.4. The number of rotatable bonds is 5. The molecule has 0 aromatic heterocycles. The predicted molar refractivity (Wildman–Crippen MR) is 111 cm³/mol. The molecule has 0 aliphatic carbocycles. The van der Waals surface area contributed by atoms with Gasteiger partial charge in [-0.3, -0.25) is 4.79 Å². The number of ether oxygens (including phenoxy) is 2. The lowest BCUT2D eigenvalue weighted by molar-refractivity contribution is -0.162. The molecule has 2 atom stereocenters. The summed E-state index contributed by atoms with van der Waals surface area (Å²) in [6, 6.07) is 4.39. The summed E-state index contributed by atoms with van der Waals surface area (Å²) in [6.45, 7) is 11.4. The SMILES string of the molecule is CC(C)(C)OC(=O)[C@@H](Cc1cc(CO)ccc1F)C1CCN(C(=O)OC(C)(C)C)C1. The van der Waals surface area contributed by atoms with E-state index < -0.39 is 35.0 Å². The van der Waals surface area contributed by atoms with Crippen LogP contribution < -0.4 is 0 Å². The number of benzene rings is 1. The van der Waals surface area contributed by atoms with E-state index in [0.717, 1.165) is 0 Å². The lowest BCUT2D eigenvalue weighted by Crippen LogP contribution is -2.38. The van der Waals surface area contributed by atoms with E-state index in [2.05, 4.69) is 0 Å². The van der Waals surface area contributed by atoms with Crippen molar-refractivity contribution in [1.82, 2.24) is 4.90 Å². The van der Waals surface area contributed by atoms with Gasteiger partial charge in [0.25, 0.3) is 0 Å². The highest BCUT2D eigenvalue weighted by Gasteiger charge is 2.39. The number of esters is 1. The number of halogens is 1. The van der Waals surface area contributed by atoms with Gasteiger partial charge in [-0.15, -0.1) is 0 Å². The second-order valence-electron chi connectivity index (χ2n) is 9.90. The van der Waals surface area contributed by atoms with Crippen LogP contribution in [0, 0.1) is 17.7 Å². The third-order valence-electron chi connectivity index (χ3n) is 4.89. The molecule has 2 rings (SSSR count). The van der Waals surface area contributed by atoms with Crippen molar-refractivity contribution in [2.75, 3.05) is 13.1 Å². The van der Waals surface area contributed by atoms with E-state index >= 15 is 0 Å². The van der Waals surface area contributed by atoms with Gasteiger partial charge in [0, 0.05) is 13.1 Å². The molecule has 1 aromatic carbocycles. The van der Waals surface area contributed by atoms with Gasteiger partial charge >= 0.3 is 12.1 Å². The molecule has 1 aliphatic heterocycles. The molecule has 1 saturated heterocycles. The van der Waals surface area contributed by atoms with E-state index in [1.165, 1.54) is 12.1 Å². The highest BCUT2D eigenvalue weighted by Crippen LogP contribution is 2.31. The minimum atomic E-state index is -0.676. The molecule has 1 fully saturated rings. The average Bonchev–Trinajstić information content (AvgIpc) is 3.07. The van der Waals surface area contributed by atoms with Crippen LogP contribution in [0.15, 0.2) is 18.2 Å². The van der Waals surface area contributed by atoms with Gasteiger partial charge in [0.1, 0.15) is 17.0 Å². The molecule has 6 nitrogen and oxygen atoms in total. The zero-order valence-electron chi connectivity index (χ0n) is 18.8. The predicted octanol–water partition coefficient (Wildman–Crippen LogP) is 4.08. The second kappa shape index (κ2) is 9.33. The number of carbonyl (C=O) groups excluding carboxylic acids is 2. The fraction of sp³-hybridized carbons (Fsp3) is 0.652. The number of nitrogens with zero attached hydrogens (tertiary/aromatic N) is 1. The van der Waals surface area contributed by atoms with Crippen LogP contribution in [0.1, 0.15) is 59.1 Å². The summed E-state index contributed by atoms with van der Waals surface area (Å²) in [5, 5.41) is 9.38.